The van der Waals surface area contributed by atoms with Crippen molar-refractivity contribution in [3.05, 3.63) is 46.5 Å². The maximum Gasteiger partial charge on any atom is 0.335 e. The first-order valence-electron chi connectivity index (χ1n) is 4.51. The fraction of sp³-hybridized carbons (Fsp3) is 0.100. The molecule has 0 aliphatic rings. The molecule has 0 fully saturated rings. The molecule has 2 rings (SSSR count). The molecule has 0 amide bonds. The molecule has 0 atom stereocenters. The molecular formula is C10H8BrN3O2. The number of nitrogens with zero attached hydrogens (tertiary/aromatic N) is 3. The highest BCUT2D eigenvalue weighted by molar-refractivity contribution is 9.10. The summed E-state index contributed by atoms with van der Waals surface area (Å²) in [6, 6.07) is 4.91. The van der Waals surface area contributed by atoms with E-state index in [9.17, 15) is 4.79 Å². The lowest BCUT2D eigenvalue weighted by atomic mass is 10.1. The van der Waals surface area contributed by atoms with Crippen LogP contribution in [0.25, 0.3) is 0 Å². The Hall–Kier alpha value is -1.69. The SMILES string of the molecule is O=C(O)c1ccc(Cn2cncn2)c(Br)c1. The Morgan fingerprint density at radius 3 is 2.88 bits per heavy atom. The average Bonchev–Trinajstić information content (AvgIpc) is 2.73. The van der Waals surface area contributed by atoms with E-state index in [4.69, 9.17) is 5.11 Å². The third kappa shape index (κ3) is 2.27. The normalized spacial score (nSPS) is 10.3. The van der Waals surface area contributed by atoms with Crippen LogP contribution in [0.15, 0.2) is 35.3 Å². The molecule has 0 unspecified atom stereocenters. The number of carboxylic acid groups (broad SMARTS) is 1. The first kappa shape index (κ1) is 10.8. The van der Waals surface area contributed by atoms with E-state index < -0.39 is 5.97 Å². The summed E-state index contributed by atoms with van der Waals surface area (Å²) in [7, 11) is 0. The lowest BCUT2D eigenvalue weighted by Gasteiger charge is -2.05. The first-order valence-corrected chi connectivity index (χ1v) is 5.30. The molecule has 16 heavy (non-hydrogen) atoms. The van der Waals surface area contributed by atoms with Crippen molar-refractivity contribution in [3.63, 3.8) is 0 Å². The fourth-order valence-electron chi connectivity index (χ4n) is 1.30. The molecule has 1 heterocycles. The van der Waals surface area contributed by atoms with E-state index in [1.807, 2.05) is 0 Å². The van der Waals surface area contributed by atoms with E-state index in [2.05, 4.69) is 26.0 Å². The van der Waals surface area contributed by atoms with Gasteiger partial charge in [-0.3, -0.25) is 0 Å². The van der Waals surface area contributed by atoms with E-state index in [1.165, 1.54) is 6.33 Å². The number of hydrogen-bond acceptors (Lipinski definition) is 3. The van der Waals surface area contributed by atoms with Gasteiger partial charge >= 0.3 is 5.97 Å². The molecule has 2 aromatic rings. The van der Waals surface area contributed by atoms with Gasteiger partial charge in [-0.1, -0.05) is 22.0 Å². The lowest BCUT2D eigenvalue weighted by Crippen LogP contribution is -2.02. The molecule has 0 spiro atoms. The second-order valence-electron chi connectivity index (χ2n) is 3.20. The monoisotopic (exact) mass is 281 g/mol. The van der Waals surface area contributed by atoms with Crippen molar-refractivity contribution in [1.82, 2.24) is 14.8 Å². The molecule has 0 aliphatic carbocycles. The van der Waals surface area contributed by atoms with Crippen LogP contribution < -0.4 is 0 Å². The topological polar surface area (TPSA) is 68.0 Å². The molecule has 1 N–H and O–H groups in total. The molecule has 1 aromatic carbocycles. The third-order valence-electron chi connectivity index (χ3n) is 2.10. The number of rotatable bonds is 3. The Bertz CT molecular complexity index is 511. The van der Waals surface area contributed by atoms with Gasteiger partial charge in [0.2, 0.25) is 0 Å². The minimum atomic E-state index is -0.937. The second-order valence-corrected chi connectivity index (χ2v) is 4.06. The van der Waals surface area contributed by atoms with E-state index in [0.717, 1.165) is 10.0 Å². The van der Waals surface area contributed by atoms with Crippen LogP contribution in [-0.4, -0.2) is 25.8 Å². The number of benzene rings is 1. The van der Waals surface area contributed by atoms with Crippen molar-refractivity contribution < 1.29 is 9.90 Å². The molecule has 0 bridgehead atoms. The standard InChI is InChI=1S/C10H8BrN3O2/c11-9-3-7(10(15)16)1-2-8(9)4-14-6-12-5-13-14/h1-3,5-6H,4H2,(H,15,16). The van der Waals surface area contributed by atoms with Crippen LogP contribution in [0.1, 0.15) is 15.9 Å². The molecule has 0 aliphatic heterocycles. The maximum atomic E-state index is 10.7. The van der Waals surface area contributed by atoms with E-state index >= 15 is 0 Å². The van der Waals surface area contributed by atoms with Crippen LogP contribution in [0, 0.1) is 0 Å². The van der Waals surface area contributed by atoms with Crippen LogP contribution in [0.5, 0.6) is 0 Å². The van der Waals surface area contributed by atoms with Gasteiger partial charge < -0.3 is 5.11 Å². The molecular weight excluding hydrogens is 274 g/mol. The van der Waals surface area contributed by atoms with Gasteiger partial charge in [-0.2, -0.15) is 5.10 Å². The summed E-state index contributed by atoms with van der Waals surface area (Å²) in [4.78, 5) is 14.6. The number of halogens is 1. The van der Waals surface area contributed by atoms with Crippen molar-refractivity contribution in [1.29, 1.82) is 0 Å². The highest BCUT2D eigenvalue weighted by Gasteiger charge is 2.07. The largest absolute Gasteiger partial charge is 0.478 e. The molecule has 0 radical (unpaired) electrons. The Kier molecular flexibility index (Phi) is 3.00. The lowest BCUT2D eigenvalue weighted by molar-refractivity contribution is 0.0697. The van der Waals surface area contributed by atoms with Crippen LogP contribution in [-0.2, 0) is 6.54 Å². The quantitative estimate of drug-likeness (QED) is 0.931. The van der Waals surface area contributed by atoms with Crippen molar-refractivity contribution in [3.8, 4) is 0 Å². The summed E-state index contributed by atoms with van der Waals surface area (Å²) in [5.74, 6) is -0.937. The molecule has 82 valence electrons. The molecule has 0 saturated carbocycles. The van der Waals surface area contributed by atoms with Gasteiger partial charge in [-0.05, 0) is 17.7 Å². The maximum absolute atomic E-state index is 10.7. The summed E-state index contributed by atoms with van der Waals surface area (Å²) in [6.07, 6.45) is 3.07. The predicted molar refractivity (Wildman–Crippen MR) is 60.2 cm³/mol. The third-order valence-corrected chi connectivity index (χ3v) is 2.84. The number of aromatic carboxylic acids is 1. The molecule has 5 nitrogen and oxygen atoms in total. The molecule has 1 aromatic heterocycles. The highest BCUT2D eigenvalue weighted by atomic mass is 79.9. The van der Waals surface area contributed by atoms with E-state index in [0.29, 0.717) is 6.54 Å². The highest BCUT2D eigenvalue weighted by Crippen LogP contribution is 2.19. The minimum Gasteiger partial charge on any atom is -0.478 e. The zero-order chi connectivity index (χ0) is 11.5. The predicted octanol–water partition coefficient (Wildman–Crippen LogP) is 1.79. The molecule has 0 saturated heterocycles. The van der Waals surface area contributed by atoms with Gasteiger partial charge in [0, 0.05) is 4.47 Å². The fourth-order valence-corrected chi connectivity index (χ4v) is 1.80. The zero-order valence-corrected chi connectivity index (χ0v) is 9.75. The van der Waals surface area contributed by atoms with Crippen molar-refractivity contribution in [2.24, 2.45) is 0 Å². The summed E-state index contributed by atoms with van der Waals surface area (Å²) in [6.45, 7) is 0.556. The second kappa shape index (κ2) is 4.44. The van der Waals surface area contributed by atoms with Gasteiger partial charge in [-0.15, -0.1) is 0 Å². The van der Waals surface area contributed by atoms with E-state index in [-0.39, 0.29) is 5.56 Å². The van der Waals surface area contributed by atoms with Gasteiger partial charge in [0.25, 0.3) is 0 Å². The summed E-state index contributed by atoms with van der Waals surface area (Å²) in [5.41, 5.74) is 1.21. The molecule has 6 heteroatoms. The van der Waals surface area contributed by atoms with Gasteiger partial charge in [-0.25, -0.2) is 14.5 Å². The Balaban J connectivity index is 2.26. The average molecular weight is 282 g/mol. The number of carbonyl (C=O) groups is 1. The number of aromatic nitrogens is 3. The van der Waals surface area contributed by atoms with Gasteiger partial charge in [0.05, 0.1) is 12.1 Å². The Morgan fingerprint density at radius 1 is 1.50 bits per heavy atom. The Morgan fingerprint density at radius 2 is 2.31 bits per heavy atom. The van der Waals surface area contributed by atoms with E-state index in [1.54, 1.807) is 29.2 Å². The number of carboxylic acids is 1. The van der Waals surface area contributed by atoms with Crippen molar-refractivity contribution in [2.45, 2.75) is 6.54 Å². The summed E-state index contributed by atoms with van der Waals surface area (Å²) in [5, 5.41) is 12.8. The zero-order valence-electron chi connectivity index (χ0n) is 8.17. The van der Waals surface area contributed by atoms with Crippen LogP contribution >= 0.6 is 15.9 Å². The van der Waals surface area contributed by atoms with Crippen LogP contribution in [0.4, 0.5) is 0 Å². The first-order chi connectivity index (χ1) is 7.66. The smallest absolute Gasteiger partial charge is 0.335 e. The van der Waals surface area contributed by atoms with Gasteiger partial charge in [0.15, 0.2) is 0 Å². The minimum absolute atomic E-state index is 0.259. The number of hydrogen-bond donors (Lipinski definition) is 1. The summed E-state index contributed by atoms with van der Waals surface area (Å²) < 4.78 is 2.42. The Labute approximate surface area is 99.9 Å². The van der Waals surface area contributed by atoms with Crippen molar-refractivity contribution in [2.75, 3.05) is 0 Å². The van der Waals surface area contributed by atoms with Gasteiger partial charge in [0.1, 0.15) is 12.7 Å². The summed E-state index contributed by atoms with van der Waals surface area (Å²) >= 11 is 3.34. The van der Waals surface area contributed by atoms with Crippen molar-refractivity contribution >= 4 is 21.9 Å². The van der Waals surface area contributed by atoms with Crippen LogP contribution in [0.3, 0.4) is 0 Å². The van der Waals surface area contributed by atoms with Crippen LogP contribution in [0.2, 0.25) is 0 Å².